The Hall–Kier alpha value is -1.91. The predicted molar refractivity (Wildman–Crippen MR) is 77.3 cm³/mol. The molecule has 0 unspecified atom stereocenters. The molecule has 0 bridgehead atoms. The number of anilines is 1. The lowest BCUT2D eigenvalue weighted by atomic mass is 10.4. The Kier molecular flexibility index (Phi) is 4.60. The number of carbonyl (C=O) groups is 1. The molecule has 2 N–H and O–H groups in total. The van der Waals surface area contributed by atoms with Crippen LogP contribution in [-0.4, -0.2) is 30.9 Å². The molecule has 1 aromatic heterocycles. The van der Waals surface area contributed by atoms with Crippen LogP contribution in [0.5, 0.6) is 6.01 Å². The predicted octanol–water partition coefficient (Wildman–Crippen LogP) is 1.71. The fourth-order valence-electron chi connectivity index (χ4n) is 1.31. The Balaban J connectivity index is 2.10. The van der Waals surface area contributed by atoms with Crippen molar-refractivity contribution in [1.82, 2.24) is 14.1 Å². The van der Waals surface area contributed by atoms with E-state index in [0.717, 1.165) is 11.5 Å². The van der Waals surface area contributed by atoms with E-state index in [1.165, 1.54) is 25.3 Å². The van der Waals surface area contributed by atoms with Crippen molar-refractivity contribution in [3.8, 4) is 6.01 Å². The van der Waals surface area contributed by atoms with Crippen LogP contribution in [0.1, 0.15) is 0 Å². The molecule has 0 saturated heterocycles. The Labute approximate surface area is 129 Å². The number of halogens is 1. The second-order valence-electron chi connectivity index (χ2n) is 3.58. The van der Waals surface area contributed by atoms with Gasteiger partial charge in [0.05, 0.1) is 12.1 Å². The number of benzene rings is 1. The van der Waals surface area contributed by atoms with Crippen LogP contribution in [0.25, 0.3) is 0 Å². The zero-order valence-electron chi connectivity index (χ0n) is 10.5. The topological polar surface area (TPSA) is 110 Å². The molecule has 1 aromatic carbocycles. The summed E-state index contributed by atoms with van der Waals surface area (Å²) in [5.74, 6) is 0. The van der Waals surface area contributed by atoms with Crippen LogP contribution >= 0.6 is 23.1 Å². The minimum Gasteiger partial charge on any atom is -0.466 e. The van der Waals surface area contributed by atoms with Gasteiger partial charge in [0, 0.05) is 11.5 Å². The van der Waals surface area contributed by atoms with Gasteiger partial charge in [0.1, 0.15) is 4.90 Å². The molecule has 1 heterocycles. The summed E-state index contributed by atoms with van der Waals surface area (Å²) in [5.41, 5.74) is 0. The Morgan fingerprint density at radius 3 is 2.71 bits per heavy atom. The number of hydrogen-bond acceptors (Lipinski definition) is 7. The largest absolute Gasteiger partial charge is 0.466 e. The lowest BCUT2D eigenvalue weighted by molar-refractivity contribution is 0.256. The van der Waals surface area contributed by atoms with E-state index < -0.39 is 16.1 Å². The van der Waals surface area contributed by atoms with Gasteiger partial charge < -0.3 is 4.74 Å². The fraction of sp³-hybridized carbons (Fsp3) is 0.100. The molecule has 0 aliphatic rings. The number of methoxy groups -OCH3 is 1. The first-order valence-corrected chi connectivity index (χ1v) is 8.02. The first-order valence-electron chi connectivity index (χ1n) is 5.38. The van der Waals surface area contributed by atoms with Crippen LogP contribution < -0.4 is 14.8 Å². The highest BCUT2D eigenvalue weighted by molar-refractivity contribution is 7.90. The van der Waals surface area contributed by atoms with E-state index in [2.05, 4.69) is 14.7 Å². The number of rotatable bonds is 4. The number of nitrogens with one attached hydrogen (secondary N) is 2. The summed E-state index contributed by atoms with van der Waals surface area (Å²) in [6.45, 7) is 0. The van der Waals surface area contributed by atoms with E-state index in [9.17, 15) is 13.2 Å². The van der Waals surface area contributed by atoms with Gasteiger partial charge in [-0.1, -0.05) is 23.7 Å². The zero-order chi connectivity index (χ0) is 15.5. The number of nitrogens with zero attached hydrogens (tertiary/aromatic N) is 2. The molecule has 0 spiro atoms. The Bertz CT molecular complexity index is 762. The van der Waals surface area contributed by atoms with E-state index in [1.807, 2.05) is 4.72 Å². The molecule has 0 radical (unpaired) electrons. The van der Waals surface area contributed by atoms with Crippen molar-refractivity contribution >= 4 is 44.3 Å². The maximum Gasteiger partial charge on any atom is 0.334 e. The molecule has 2 rings (SSSR count). The lowest BCUT2D eigenvalue weighted by Crippen LogP contribution is -2.34. The Morgan fingerprint density at radius 2 is 2.10 bits per heavy atom. The summed E-state index contributed by atoms with van der Waals surface area (Å²) in [6, 6.07) is 4.86. The van der Waals surface area contributed by atoms with E-state index in [-0.39, 0.29) is 21.1 Å². The van der Waals surface area contributed by atoms with Crippen LogP contribution in [-0.2, 0) is 10.0 Å². The van der Waals surface area contributed by atoms with Gasteiger partial charge >= 0.3 is 12.0 Å². The second-order valence-corrected chi connectivity index (χ2v) is 6.39. The van der Waals surface area contributed by atoms with Crippen molar-refractivity contribution in [2.24, 2.45) is 0 Å². The van der Waals surface area contributed by atoms with Gasteiger partial charge in [-0.05, 0) is 12.1 Å². The number of ether oxygens (including phenoxy) is 1. The summed E-state index contributed by atoms with van der Waals surface area (Å²) in [5, 5.41) is 2.34. The van der Waals surface area contributed by atoms with Crippen molar-refractivity contribution in [2.75, 3.05) is 12.4 Å². The highest BCUT2D eigenvalue weighted by Gasteiger charge is 2.21. The van der Waals surface area contributed by atoms with Crippen LogP contribution in [0.15, 0.2) is 29.2 Å². The van der Waals surface area contributed by atoms with Gasteiger partial charge in [0.25, 0.3) is 10.0 Å². The zero-order valence-corrected chi connectivity index (χ0v) is 12.9. The Morgan fingerprint density at radius 1 is 1.38 bits per heavy atom. The van der Waals surface area contributed by atoms with Gasteiger partial charge in [-0.15, -0.1) is 4.37 Å². The van der Waals surface area contributed by atoms with E-state index in [4.69, 9.17) is 16.3 Å². The van der Waals surface area contributed by atoms with E-state index in [0.29, 0.717) is 0 Å². The molecule has 112 valence electrons. The number of carbonyl (C=O) groups excluding carboxylic acids is 1. The first-order chi connectivity index (χ1) is 9.92. The van der Waals surface area contributed by atoms with E-state index >= 15 is 0 Å². The number of urea groups is 1. The van der Waals surface area contributed by atoms with Crippen LogP contribution in [0, 0.1) is 0 Å². The standard InChI is InChI=1S/C10H9ClN4O4S2/c1-19-9-13-10(20-14-9)12-8(16)15-21(17,18)7-5-3-2-4-6(7)11/h2-5H,1H3,(H2,12,13,14,15,16). The quantitative estimate of drug-likeness (QED) is 0.870. The summed E-state index contributed by atoms with van der Waals surface area (Å²) < 4.78 is 34.3. The molecule has 2 amide bonds. The first kappa shape index (κ1) is 15.5. The normalized spacial score (nSPS) is 11.0. The molecular weight excluding hydrogens is 340 g/mol. The van der Waals surface area contributed by atoms with Crippen LogP contribution in [0.4, 0.5) is 9.93 Å². The summed E-state index contributed by atoms with van der Waals surface area (Å²) in [6.07, 6.45) is 0. The lowest BCUT2D eigenvalue weighted by Gasteiger charge is -2.07. The van der Waals surface area contributed by atoms with Gasteiger partial charge in [-0.3, -0.25) is 5.32 Å². The van der Waals surface area contributed by atoms with Gasteiger partial charge in [0.2, 0.25) is 5.13 Å². The minimum absolute atomic E-state index is 0.00962. The highest BCUT2D eigenvalue weighted by atomic mass is 35.5. The van der Waals surface area contributed by atoms with Crippen molar-refractivity contribution in [3.05, 3.63) is 29.3 Å². The monoisotopic (exact) mass is 348 g/mol. The van der Waals surface area contributed by atoms with Crippen molar-refractivity contribution in [3.63, 3.8) is 0 Å². The third-order valence-electron chi connectivity index (χ3n) is 2.16. The molecule has 11 heteroatoms. The second kappa shape index (κ2) is 6.24. The van der Waals surface area contributed by atoms with Gasteiger partial charge in [0.15, 0.2) is 0 Å². The molecule has 0 aliphatic carbocycles. The molecule has 0 atom stereocenters. The van der Waals surface area contributed by atoms with E-state index in [1.54, 1.807) is 6.07 Å². The number of amides is 2. The molecule has 0 aliphatic heterocycles. The van der Waals surface area contributed by atoms with Crippen molar-refractivity contribution in [1.29, 1.82) is 0 Å². The summed E-state index contributed by atoms with van der Waals surface area (Å²) >= 11 is 6.64. The molecule has 21 heavy (non-hydrogen) atoms. The maximum atomic E-state index is 12.0. The van der Waals surface area contributed by atoms with Crippen LogP contribution in [0.3, 0.4) is 0 Å². The van der Waals surface area contributed by atoms with Crippen molar-refractivity contribution < 1.29 is 17.9 Å². The molecule has 8 nitrogen and oxygen atoms in total. The smallest absolute Gasteiger partial charge is 0.334 e. The average Bonchev–Trinajstić information content (AvgIpc) is 2.85. The van der Waals surface area contributed by atoms with Crippen LogP contribution in [0.2, 0.25) is 5.02 Å². The third kappa shape index (κ3) is 3.80. The average molecular weight is 349 g/mol. The third-order valence-corrected chi connectivity index (χ3v) is 4.61. The number of aromatic nitrogens is 2. The summed E-state index contributed by atoms with van der Waals surface area (Å²) in [7, 11) is -2.71. The minimum atomic E-state index is -4.08. The number of sulfonamides is 1. The highest BCUT2D eigenvalue weighted by Crippen LogP contribution is 2.20. The van der Waals surface area contributed by atoms with Crippen molar-refractivity contribution in [2.45, 2.75) is 4.90 Å². The fourth-order valence-corrected chi connectivity index (χ4v) is 3.27. The molecule has 0 saturated carbocycles. The van der Waals surface area contributed by atoms with Gasteiger partial charge in [-0.25, -0.2) is 17.9 Å². The maximum absolute atomic E-state index is 12.0. The summed E-state index contributed by atoms with van der Waals surface area (Å²) in [4.78, 5) is 15.2. The SMILES string of the molecule is COc1nsc(NC(=O)NS(=O)(=O)c2ccccc2Cl)n1. The molecule has 0 fully saturated rings. The van der Waals surface area contributed by atoms with Gasteiger partial charge in [-0.2, -0.15) is 4.98 Å². The molecular formula is C10H9ClN4O4S2. The molecule has 2 aromatic rings. The number of hydrogen-bond donors (Lipinski definition) is 2.